The summed E-state index contributed by atoms with van der Waals surface area (Å²) < 4.78 is 3.53. The molecule has 3 aromatic heterocycles. The Hall–Kier alpha value is -3.47. The van der Waals surface area contributed by atoms with E-state index in [1.54, 1.807) is 17.8 Å². The minimum absolute atomic E-state index is 0.0653. The fraction of sp³-hybridized carbons (Fsp3) is 0.0500. The van der Waals surface area contributed by atoms with Gasteiger partial charge < -0.3 is 0 Å². The molecule has 0 aliphatic rings. The van der Waals surface area contributed by atoms with Crippen LogP contribution in [0.5, 0.6) is 0 Å². The molecule has 5 heteroatoms. The maximum atomic E-state index is 13.1. The fourth-order valence-electron chi connectivity index (χ4n) is 3.43. The Balaban J connectivity index is 2.15. The van der Waals surface area contributed by atoms with Crippen LogP contribution in [-0.2, 0) is 7.05 Å². The lowest BCUT2D eigenvalue weighted by Crippen LogP contribution is -2.21. The first-order valence-electron chi connectivity index (χ1n) is 8.05. The Labute approximate surface area is 142 Å². The summed E-state index contributed by atoms with van der Waals surface area (Å²) in [5.41, 5.74) is 3.30. The molecule has 0 aliphatic carbocycles. The highest BCUT2D eigenvalue weighted by atomic mass is 16.1. The number of pyridine rings is 1. The van der Waals surface area contributed by atoms with Gasteiger partial charge in [-0.25, -0.2) is 9.97 Å². The Bertz CT molecular complexity index is 1320. The zero-order valence-electron chi connectivity index (χ0n) is 13.5. The number of aryl methyl sites for hydroxylation is 1. The maximum Gasteiger partial charge on any atom is 0.263 e. The van der Waals surface area contributed by atoms with Crippen molar-refractivity contribution in [2.24, 2.45) is 7.05 Å². The monoisotopic (exact) mass is 326 g/mol. The topological polar surface area (TPSA) is 52.2 Å². The molecule has 0 spiro atoms. The van der Waals surface area contributed by atoms with Crippen molar-refractivity contribution in [1.82, 2.24) is 18.9 Å². The van der Waals surface area contributed by atoms with Gasteiger partial charge in [0.25, 0.3) is 5.56 Å². The second kappa shape index (κ2) is 5.01. The van der Waals surface area contributed by atoms with Gasteiger partial charge in [0.2, 0.25) is 5.78 Å². The number of aromatic nitrogens is 4. The third-order valence-corrected chi connectivity index (χ3v) is 4.59. The van der Waals surface area contributed by atoms with Gasteiger partial charge in [0.05, 0.1) is 22.1 Å². The SMILES string of the molecule is Cn1c(=O)c2c3ccccc3nc(-c3ccccc3)c2n2ccnc12. The van der Waals surface area contributed by atoms with E-state index in [1.165, 1.54) is 0 Å². The van der Waals surface area contributed by atoms with Gasteiger partial charge >= 0.3 is 0 Å². The van der Waals surface area contributed by atoms with E-state index >= 15 is 0 Å². The largest absolute Gasteiger partial charge is 0.283 e. The molecule has 0 fully saturated rings. The van der Waals surface area contributed by atoms with E-state index in [9.17, 15) is 4.79 Å². The lowest BCUT2D eigenvalue weighted by atomic mass is 10.0. The molecule has 0 saturated heterocycles. The number of benzene rings is 2. The second-order valence-corrected chi connectivity index (χ2v) is 6.03. The van der Waals surface area contributed by atoms with Gasteiger partial charge in [0, 0.05) is 30.4 Å². The van der Waals surface area contributed by atoms with Crippen LogP contribution in [0.15, 0.2) is 71.8 Å². The van der Waals surface area contributed by atoms with Crippen LogP contribution >= 0.6 is 0 Å². The molecule has 0 atom stereocenters. The highest BCUT2D eigenvalue weighted by Crippen LogP contribution is 2.30. The van der Waals surface area contributed by atoms with Crippen molar-refractivity contribution < 1.29 is 0 Å². The first-order chi connectivity index (χ1) is 12.3. The molecule has 0 N–H and O–H groups in total. The second-order valence-electron chi connectivity index (χ2n) is 6.03. The molecule has 5 nitrogen and oxygen atoms in total. The van der Waals surface area contributed by atoms with E-state index in [-0.39, 0.29) is 5.56 Å². The van der Waals surface area contributed by atoms with Gasteiger partial charge in [-0.1, -0.05) is 48.5 Å². The van der Waals surface area contributed by atoms with Gasteiger partial charge in [0.1, 0.15) is 0 Å². The van der Waals surface area contributed by atoms with Crippen molar-refractivity contribution in [2.75, 3.05) is 0 Å². The molecule has 5 rings (SSSR count). The Morgan fingerprint density at radius 2 is 1.72 bits per heavy atom. The highest BCUT2D eigenvalue weighted by Gasteiger charge is 2.18. The molecule has 5 aromatic rings. The van der Waals surface area contributed by atoms with Crippen LogP contribution < -0.4 is 5.56 Å². The van der Waals surface area contributed by atoms with Crippen molar-refractivity contribution in [3.8, 4) is 11.3 Å². The fourth-order valence-corrected chi connectivity index (χ4v) is 3.43. The average molecular weight is 326 g/mol. The molecule has 0 saturated carbocycles. The summed E-state index contributed by atoms with van der Waals surface area (Å²) in [6.07, 6.45) is 3.58. The number of para-hydroxylation sites is 1. The number of nitrogens with zero attached hydrogens (tertiary/aromatic N) is 4. The molecule has 0 unspecified atom stereocenters. The van der Waals surface area contributed by atoms with Crippen LogP contribution in [0.4, 0.5) is 0 Å². The number of imidazole rings is 1. The molecule has 120 valence electrons. The lowest BCUT2D eigenvalue weighted by Gasteiger charge is -2.13. The Morgan fingerprint density at radius 1 is 0.960 bits per heavy atom. The van der Waals surface area contributed by atoms with Crippen molar-refractivity contribution in [2.45, 2.75) is 0 Å². The van der Waals surface area contributed by atoms with Crippen LogP contribution in [0, 0.1) is 0 Å². The van der Waals surface area contributed by atoms with Gasteiger partial charge in [-0.05, 0) is 6.07 Å². The minimum atomic E-state index is -0.0653. The molecule has 0 aliphatic heterocycles. The smallest absolute Gasteiger partial charge is 0.263 e. The van der Waals surface area contributed by atoms with Crippen molar-refractivity contribution >= 4 is 27.6 Å². The number of hydrogen-bond donors (Lipinski definition) is 0. The number of fused-ring (bicyclic) bond motifs is 5. The van der Waals surface area contributed by atoms with Gasteiger partial charge in [-0.3, -0.25) is 13.8 Å². The summed E-state index contributed by atoms with van der Waals surface area (Å²) in [5, 5.41) is 1.52. The normalized spacial score (nSPS) is 11.6. The Kier molecular flexibility index (Phi) is 2.79. The van der Waals surface area contributed by atoms with Crippen molar-refractivity contribution in [3.05, 3.63) is 77.3 Å². The Morgan fingerprint density at radius 3 is 2.56 bits per heavy atom. The molecular formula is C20H14N4O. The van der Waals surface area contributed by atoms with Crippen molar-refractivity contribution in [3.63, 3.8) is 0 Å². The van der Waals surface area contributed by atoms with Gasteiger partial charge in [0.15, 0.2) is 0 Å². The minimum Gasteiger partial charge on any atom is -0.283 e. The van der Waals surface area contributed by atoms with Crippen LogP contribution in [0.1, 0.15) is 0 Å². The summed E-state index contributed by atoms with van der Waals surface area (Å²) in [6, 6.07) is 17.7. The lowest BCUT2D eigenvalue weighted by molar-refractivity contribution is 0.865. The van der Waals surface area contributed by atoms with Crippen LogP contribution in [0.2, 0.25) is 0 Å². The molecule has 0 radical (unpaired) electrons. The van der Waals surface area contributed by atoms with Crippen molar-refractivity contribution in [1.29, 1.82) is 0 Å². The molecular weight excluding hydrogens is 312 g/mol. The van der Waals surface area contributed by atoms with E-state index in [2.05, 4.69) is 4.98 Å². The van der Waals surface area contributed by atoms with Crippen LogP contribution in [0.3, 0.4) is 0 Å². The number of rotatable bonds is 1. The molecule has 25 heavy (non-hydrogen) atoms. The first kappa shape index (κ1) is 13.9. The van der Waals surface area contributed by atoms with E-state index in [1.807, 2.05) is 65.2 Å². The molecule has 2 aromatic carbocycles. The van der Waals surface area contributed by atoms with E-state index < -0.39 is 0 Å². The summed E-state index contributed by atoms with van der Waals surface area (Å²) in [5.74, 6) is 0.603. The zero-order chi connectivity index (χ0) is 17.0. The highest BCUT2D eigenvalue weighted by molar-refractivity contribution is 6.09. The van der Waals surface area contributed by atoms with E-state index in [4.69, 9.17) is 4.98 Å². The summed E-state index contributed by atoms with van der Waals surface area (Å²) in [6.45, 7) is 0. The van der Waals surface area contributed by atoms with Crippen LogP contribution in [0.25, 0.3) is 38.8 Å². The quantitative estimate of drug-likeness (QED) is 0.444. The van der Waals surface area contributed by atoms with Gasteiger partial charge in [-0.2, -0.15) is 0 Å². The molecule has 0 amide bonds. The molecule has 3 heterocycles. The predicted molar refractivity (Wildman–Crippen MR) is 98.7 cm³/mol. The van der Waals surface area contributed by atoms with E-state index in [0.717, 1.165) is 27.7 Å². The van der Waals surface area contributed by atoms with Crippen LogP contribution in [-0.4, -0.2) is 18.9 Å². The van der Waals surface area contributed by atoms with E-state index in [0.29, 0.717) is 11.2 Å². The molecule has 0 bridgehead atoms. The summed E-state index contributed by atoms with van der Waals surface area (Å²) in [7, 11) is 1.75. The van der Waals surface area contributed by atoms with Gasteiger partial charge in [-0.15, -0.1) is 0 Å². The zero-order valence-corrected chi connectivity index (χ0v) is 13.5. The maximum absolute atomic E-state index is 13.1. The number of hydrogen-bond acceptors (Lipinski definition) is 3. The summed E-state index contributed by atoms with van der Waals surface area (Å²) >= 11 is 0. The summed E-state index contributed by atoms with van der Waals surface area (Å²) in [4.78, 5) is 22.3. The third kappa shape index (κ3) is 1.86. The average Bonchev–Trinajstić information content (AvgIpc) is 3.15. The first-order valence-corrected chi connectivity index (χ1v) is 8.05. The predicted octanol–water partition coefficient (Wildman–Crippen LogP) is 3.40. The third-order valence-electron chi connectivity index (χ3n) is 4.59. The standard InChI is InChI=1S/C20H14N4O/c1-23-19(25)16-14-9-5-6-10-15(14)22-17(13-7-3-2-4-8-13)18(16)24-12-11-21-20(23)24/h2-12H,1H3.